The number of hydrogen-bond acceptors (Lipinski definition) is 4. The van der Waals surface area contributed by atoms with Crippen LogP contribution in [0.4, 0.5) is 0 Å². The Labute approximate surface area is 128 Å². The Morgan fingerprint density at radius 2 is 2.10 bits per heavy atom. The Hall–Kier alpha value is -0.580. The second-order valence-corrected chi connectivity index (χ2v) is 7.05. The van der Waals surface area contributed by atoms with Crippen molar-refractivity contribution in [3.05, 3.63) is 12.3 Å². The molecule has 0 radical (unpaired) electrons. The molecule has 1 aliphatic carbocycles. The Morgan fingerprint density at radius 1 is 1.33 bits per heavy atom. The third-order valence-corrected chi connectivity index (χ3v) is 5.98. The van der Waals surface area contributed by atoms with E-state index in [0.29, 0.717) is 11.5 Å². The maximum Gasteiger partial charge on any atom is 0.0893 e. The van der Waals surface area contributed by atoms with E-state index in [9.17, 15) is 0 Å². The summed E-state index contributed by atoms with van der Waals surface area (Å²) in [4.78, 5) is 5.06. The smallest absolute Gasteiger partial charge is 0.0893 e. The number of aliphatic hydroxyl groups excluding tert-OH is 1. The van der Waals surface area contributed by atoms with E-state index in [1.165, 1.54) is 12.8 Å². The monoisotopic (exact) mass is 294 g/mol. The lowest BCUT2D eigenvalue weighted by molar-refractivity contribution is 0.0442. The van der Waals surface area contributed by atoms with Gasteiger partial charge in [0, 0.05) is 45.2 Å². The minimum atomic E-state index is 0.279. The zero-order chi connectivity index (χ0) is 14.9. The lowest BCUT2D eigenvalue weighted by Crippen LogP contribution is -2.52. The van der Waals surface area contributed by atoms with E-state index >= 15 is 0 Å². The standard InChI is InChI=1S/C17H30N2O2/c1-3-17-12-14(2)21-11-4-16(15(17)13-17)19-7-5-18(6-8-19)9-10-20/h15-16,20H,2-13H2,1H3/t15?,16?,17-/m1/s1. The molecule has 0 spiro atoms. The van der Waals surface area contributed by atoms with Gasteiger partial charge in [-0.15, -0.1) is 0 Å². The second-order valence-electron chi connectivity index (χ2n) is 7.05. The Balaban J connectivity index is 1.61. The van der Waals surface area contributed by atoms with Gasteiger partial charge in [0.15, 0.2) is 0 Å². The molecule has 4 nitrogen and oxygen atoms in total. The Kier molecular flexibility index (Phi) is 4.57. The van der Waals surface area contributed by atoms with Gasteiger partial charge in [0.25, 0.3) is 0 Å². The molecule has 1 saturated carbocycles. The van der Waals surface area contributed by atoms with Gasteiger partial charge in [0.1, 0.15) is 0 Å². The van der Waals surface area contributed by atoms with Crippen LogP contribution in [-0.4, -0.2) is 66.9 Å². The molecule has 2 heterocycles. The van der Waals surface area contributed by atoms with E-state index in [-0.39, 0.29) is 6.61 Å². The first kappa shape index (κ1) is 15.3. The first-order valence-electron chi connectivity index (χ1n) is 8.56. The van der Waals surface area contributed by atoms with Crippen LogP contribution in [0.1, 0.15) is 32.6 Å². The molecule has 3 fully saturated rings. The van der Waals surface area contributed by atoms with Gasteiger partial charge < -0.3 is 9.84 Å². The molecule has 3 aliphatic rings. The summed E-state index contributed by atoms with van der Waals surface area (Å²) in [6.07, 6.45) is 4.81. The molecule has 4 heteroatoms. The summed E-state index contributed by atoms with van der Waals surface area (Å²) in [6, 6.07) is 0.689. The fraction of sp³-hybridized carbons (Fsp3) is 0.882. The molecule has 2 aliphatic heterocycles. The number of hydrogen-bond donors (Lipinski definition) is 1. The van der Waals surface area contributed by atoms with Gasteiger partial charge in [-0.25, -0.2) is 0 Å². The van der Waals surface area contributed by atoms with Crippen molar-refractivity contribution in [1.82, 2.24) is 9.80 Å². The average Bonchev–Trinajstić information content (AvgIpc) is 3.17. The molecule has 0 bridgehead atoms. The van der Waals surface area contributed by atoms with E-state index in [2.05, 4.69) is 23.3 Å². The minimum absolute atomic E-state index is 0.279. The Bertz CT molecular complexity index is 379. The average molecular weight is 294 g/mol. The highest BCUT2D eigenvalue weighted by Gasteiger charge is 2.57. The number of allylic oxidation sites excluding steroid dienone is 1. The van der Waals surface area contributed by atoms with Crippen LogP contribution in [0, 0.1) is 11.3 Å². The van der Waals surface area contributed by atoms with Gasteiger partial charge in [-0.2, -0.15) is 0 Å². The molecule has 3 atom stereocenters. The van der Waals surface area contributed by atoms with Crippen LogP contribution >= 0.6 is 0 Å². The van der Waals surface area contributed by atoms with Crippen LogP contribution in [0.15, 0.2) is 12.3 Å². The highest BCUT2D eigenvalue weighted by Crippen LogP contribution is 2.62. The van der Waals surface area contributed by atoms with Crippen molar-refractivity contribution in [2.24, 2.45) is 11.3 Å². The summed E-state index contributed by atoms with van der Waals surface area (Å²) < 4.78 is 5.82. The third kappa shape index (κ3) is 3.13. The van der Waals surface area contributed by atoms with Crippen LogP contribution in [0.2, 0.25) is 0 Å². The highest BCUT2D eigenvalue weighted by atomic mass is 16.5. The fourth-order valence-electron chi connectivity index (χ4n) is 4.52. The zero-order valence-corrected chi connectivity index (χ0v) is 13.4. The molecule has 21 heavy (non-hydrogen) atoms. The molecule has 2 saturated heterocycles. The molecule has 3 rings (SSSR count). The molecule has 0 aromatic carbocycles. The summed E-state index contributed by atoms with van der Waals surface area (Å²) in [5.41, 5.74) is 0.477. The van der Waals surface area contributed by atoms with Gasteiger partial charge in [-0.1, -0.05) is 13.5 Å². The normalized spacial score (nSPS) is 38.3. The van der Waals surface area contributed by atoms with E-state index < -0.39 is 0 Å². The van der Waals surface area contributed by atoms with Crippen molar-refractivity contribution in [2.45, 2.75) is 38.6 Å². The van der Waals surface area contributed by atoms with Crippen LogP contribution in [0.5, 0.6) is 0 Å². The second kappa shape index (κ2) is 6.27. The number of fused-ring (bicyclic) bond motifs is 1. The number of piperazine rings is 1. The maximum absolute atomic E-state index is 9.06. The van der Waals surface area contributed by atoms with Crippen molar-refractivity contribution in [1.29, 1.82) is 0 Å². The van der Waals surface area contributed by atoms with Gasteiger partial charge in [-0.05, 0) is 30.6 Å². The largest absolute Gasteiger partial charge is 0.498 e. The van der Waals surface area contributed by atoms with E-state index in [4.69, 9.17) is 9.84 Å². The topological polar surface area (TPSA) is 35.9 Å². The maximum atomic E-state index is 9.06. The summed E-state index contributed by atoms with van der Waals surface area (Å²) in [7, 11) is 0. The quantitative estimate of drug-likeness (QED) is 0.856. The van der Waals surface area contributed by atoms with Gasteiger partial charge in [-0.3, -0.25) is 9.80 Å². The zero-order valence-electron chi connectivity index (χ0n) is 13.4. The SMILES string of the molecule is C=C1C[C@]2(CC)CC2C(N2CCN(CCO)CC2)CCO1. The van der Waals surface area contributed by atoms with Crippen molar-refractivity contribution >= 4 is 0 Å². The third-order valence-electron chi connectivity index (χ3n) is 5.98. The molecule has 0 amide bonds. The number of nitrogens with zero attached hydrogens (tertiary/aromatic N) is 2. The predicted octanol–water partition coefficient (Wildman–Crippen LogP) is 1.71. The van der Waals surface area contributed by atoms with Crippen LogP contribution in [-0.2, 0) is 4.74 Å². The number of aliphatic hydroxyl groups is 1. The molecule has 2 unspecified atom stereocenters. The van der Waals surface area contributed by atoms with Gasteiger partial charge in [0.2, 0.25) is 0 Å². The molecule has 1 N–H and O–H groups in total. The lowest BCUT2D eigenvalue weighted by Gasteiger charge is -2.41. The van der Waals surface area contributed by atoms with Crippen molar-refractivity contribution in [3.8, 4) is 0 Å². The highest BCUT2D eigenvalue weighted by molar-refractivity contribution is 5.12. The molecular weight excluding hydrogens is 264 g/mol. The number of ether oxygens (including phenoxy) is 1. The fourth-order valence-corrected chi connectivity index (χ4v) is 4.52. The number of β-amino-alcohol motifs (C(OH)–C–C–N with tert-alkyl or cyclic N) is 1. The van der Waals surface area contributed by atoms with Crippen molar-refractivity contribution < 1.29 is 9.84 Å². The summed E-state index contributed by atoms with van der Waals surface area (Å²) in [5.74, 6) is 1.85. The summed E-state index contributed by atoms with van der Waals surface area (Å²) in [6.45, 7) is 12.8. The van der Waals surface area contributed by atoms with E-state index in [1.54, 1.807) is 0 Å². The molecular formula is C17H30N2O2. The van der Waals surface area contributed by atoms with Gasteiger partial charge in [0.05, 0.1) is 19.0 Å². The van der Waals surface area contributed by atoms with Crippen LogP contribution in [0.25, 0.3) is 0 Å². The van der Waals surface area contributed by atoms with Crippen molar-refractivity contribution in [3.63, 3.8) is 0 Å². The van der Waals surface area contributed by atoms with Crippen LogP contribution < -0.4 is 0 Å². The summed E-state index contributed by atoms with van der Waals surface area (Å²) in [5, 5.41) is 9.06. The van der Waals surface area contributed by atoms with E-state index in [0.717, 1.165) is 63.8 Å². The summed E-state index contributed by atoms with van der Waals surface area (Å²) >= 11 is 0. The van der Waals surface area contributed by atoms with Crippen LogP contribution in [0.3, 0.4) is 0 Å². The molecule has 120 valence electrons. The first-order valence-corrected chi connectivity index (χ1v) is 8.56. The van der Waals surface area contributed by atoms with E-state index in [1.807, 2.05) is 0 Å². The Morgan fingerprint density at radius 3 is 2.76 bits per heavy atom. The lowest BCUT2D eigenvalue weighted by atomic mass is 9.89. The van der Waals surface area contributed by atoms with Gasteiger partial charge >= 0.3 is 0 Å². The first-order chi connectivity index (χ1) is 10.2. The molecule has 0 aromatic heterocycles. The molecule has 0 aromatic rings. The minimum Gasteiger partial charge on any atom is -0.498 e. The number of rotatable bonds is 4. The predicted molar refractivity (Wildman–Crippen MR) is 84.0 cm³/mol. The van der Waals surface area contributed by atoms with Crippen molar-refractivity contribution in [2.75, 3.05) is 45.9 Å².